The number of fused-ring (bicyclic) bond motifs is 3. The van der Waals surface area contributed by atoms with Gasteiger partial charge in [-0.15, -0.1) is 0 Å². The van der Waals surface area contributed by atoms with Crippen LogP contribution in [0, 0.1) is 17.7 Å². The van der Waals surface area contributed by atoms with Gasteiger partial charge >= 0.3 is 12.1 Å². The molecule has 5 atom stereocenters. The number of nitrogens with two attached hydrogens (primary N) is 1. The van der Waals surface area contributed by atoms with Crippen molar-refractivity contribution in [3.05, 3.63) is 81.6 Å². The van der Waals surface area contributed by atoms with Gasteiger partial charge in [-0.3, -0.25) is 19.3 Å². The second kappa shape index (κ2) is 15.1. The number of esters is 1. The number of aromatic hydroxyl groups is 1. The highest BCUT2D eigenvalue weighted by Crippen LogP contribution is 2.53. The molecule has 2 aromatic carbocycles. The van der Waals surface area contributed by atoms with Crippen LogP contribution in [0.1, 0.15) is 61.5 Å². The molecule has 0 aromatic heterocycles. The highest BCUT2D eigenvalue weighted by Gasteiger charge is 2.63. The number of nitrogens with zero attached hydrogens (tertiary/aromatic N) is 1. The van der Waals surface area contributed by atoms with Crippen LogP contribution >= 0.6 is 0 Å². The van der Waals surface area contributed by atoms with Crippen LogP contribution in [0.25, 0.3) is 0 Å². The molecule has 2 amide bonds. The number of primary amides is 1. The Kier molecular flexibility index (Phi) is 11.1. The van der Waals surface area contributed by atoms with Crippen molar-refractivity contribution in [2.75, 3.05) is 26.0 Å². The number of hydrogen-bond acceptors (Lipinski definition) is 13. The summed E-state index contributed by atoms with van der Waals surface area (Å²) in [5.74, 6) is -9.95. The second-order valence-corrected chi connectivity index (χ2v) is 14.9. The van der Waals surface area contributed by atoms with E-state index in [0.717, 1.165) is 11.6 Å². The molecule has 5 rings (SSSR count). The molecule has 0 bridgehead atoms. The number of nitrogens with one attached hydrogen (secondary N) is 2. The van der Waals surface area contributed by atoms with Gasteiger partial charge in [-0.2, -0.15) is 0 Å². The Morgan fingerprint density at radius 1 is 1.11 bits per heavy atom. The van der Waals surface area contributed by atoms with Crippen molar-refractivity contribution in [1.82, 2.24) is 10.2 Å². The highest BCUT2D eigenvalue weighted by molar-refractivity contribution is 6.24. The number of anilines is 1. The van der Waals surface area contributed by atoms with Crippen molar-refractivity contribution in [1.29, 1.82) is 0 Å². The summed E-state index contributed by atoms with van der Waals surface area (Å²) in [7, 11) is 3.02. The first-order valence-corrected chi connectivity index (χ1v) is 17.4. The van der Waals surface area contributed by atoms with Crippen LogP contribution in [0.4, 0.5) is 14.9 Å². The number of hydrogen-bond donors (Lipinski definition) is 7. The molecule has 0 heterocycles. The molecule has 0 spiro atoms. The lowest BCUT2D eigenvalue weighted by molar-refractivity contribution is -0.149. The minimum atomic E-state index is -2.83. The lowest BCUT2D eigenvalue weighted by Crippen LogP contribution is -2.63. The Bertz CT molecular complexity index is 1940. The van der Waals surface area contributed by atoms with E-state index >= 15 is 4.39 Å². The zero-order valence-electron chi connectivity index (χ0n) is 30.6. The smallest absolute Gasteiger partial charge is 0.408 e. The predicted octanol–water partition coefficient (Wildman–Crippen LogP) is 3.09. The number of Topliss-reactive ketones (excluding diaryl/α,β-unsaturated/α-hetero) is 2. The first-order valence-electron chi connectivity index (χ1n) is 17.4. The monoisotopic (exact) mass is 752 g/mol. The lowest BCUT2D eigenvalue weighted by Gasteiger charge is -2.50. The fourth-order valence-corrected chi connectivity index (χ4v) is 7.47. The van der Waals surface area contributed by atoms with E-state index in [1.807, 2.05) is 6.07 Å². The third-order valence-electron chi connectivity index (χ3n) is 9.85. The number of allylic oxidation sites excluding steroid dienone is 1. The molecule has 0 saturated carbocycles. The van der Waals surface area contributed by atoms with Crippen LogP contribution < -0.4 is 16.4 Å². The van der Waals surface area contributed by atoms with Crippen LogP contribution in [0.2, 0.25) is 0 Å². The highest BCUT2D eigenvalue weighted by atomic mass is 19.1. The summed E-state index contributed by atoms with van der Waals surface area (Å²) in [5.41, 5.74) is 0.230. The van der Waals surface area contributed by atoms with Crippen molar-refractivity contribution in [2.45, 2.75) is 76.3 Å². The number of alkyl carbamates (subject to hydrolysis) is 1. The summed E-state index contributed by atoms with van der Waals surface area (Å²) >= 11 is 0. The van der Waals surface area contributed by atoms with Crippen LogP contribution in [-0.4, -0.2) is 98.8 Å². The normalized spacial score (nSPS) is 22.9. The predicted molar refractivity (Wildman–Crippen MR) is 191 cm³/mol. The van der Waals surface area contributed by atoms with Crippen molar-refractivity contribution < 1.29 is 58.3 Å². The lowest BCUT2D eigenvalue weighted by atomic mass is 9.58. The molecule has 0 unspecified atom stereocenters. The maximum absolute atomic E-state index is 15.8. The number of halogens is 1. The molecule has 2 aromatic rings. The van der Waals surface area contributed by atoms with Crippen LogP contribution in [-0.2, 0) is 36.9 Å². The van der Waals surface area contributed by atoms with Crippen molar-refractivity contribution >= 4 is 35.2 Å². The molecule has 0 radical (unpaired) electrons. The number of carbonyl (C=O) groups is 5. The van der Waals surface area contributed by atoms with E-state index in [0.29, 0.717) is 0 Å². The third kappa shape index (κ3) is 7.48. The zero-order chi connectivity index (χ0) is 39.9. The molecule has 0 saturated heterocycles. The van der Waals surface area contributed by atoms with Gasteiger partial charge in [0.05, 0.1) is 17.3 Å². The van der Waals surface area contributed by atoms with Crippen LogP contribution in [0.5, 0.6) is 5.75 Å². The largest absolute Gasteiger partial charge is 0.510 e. The van der Waals surface area contributed by atoms with Gasteiger partial charge in [0.2, 0.25) is 5.78 Å². The molecule has 3 aliphatic rings. The number of phenols is 1. The average molecular weight is 753 g/mol. The van der Waals surface area contributed by atoms with E-state index in [2.05, 4.69) is 10.6 Å². The van der Waals surface area contributed by atoms with Crippen molar-refractivity contribution in [3.8, 4) is 5.75 Å². The molecule has 0 fully saturated rings. The SMILES string of the molecule is CN(C)[C@@H]1C(O)=C(C(N)=O)C(=O)[C@@]2(O)C(O)=C3C(=O)c4c(O)c(NCCC[C@H](NC(=O)OC(C)(C)C)C(=O)OCc5ccccc5)cc(F)c4C[C@H]3C[C@@H]12. The fraction of sp³-hybridized carbons (Fsp3) is 0.447. The summed E-state index contributed by atoms with van der Waals surface area (Å²) in [6.45, 7) is 4.97. The fourth-order valence-electron chi connectivity index (χ4n) is 7.47. The number of benzene rings is 2. The Morgan fingerprint density at radius 3 is 2.39 bits per heavy atom. The number of aliphatic hydroxyl groups is 3. The van der Waals surface area contributed by atoms with Gasteiger partial charge in [-0.1, -0.05) is 30.3 Å². The van der Waals surface area contributed by atoms with Gasteiger partial charge in [0.25, 0.3) is 5.91 Å². The molecule has 290 valence electrons. The van der Waals surface area contributed by atoms with Gasteiger partial charge in [-0.25, -0.2) is 14.0 Å². The number of aliphatic hydroxyl groups excluding tert-OH is 2. The topological polar surface area (TPSA) is 238 Å². The van der Waals surface area contributed by atoms with Crippen LogP contribution in [0.15, 0.2) is 59.1 Å². The second-order valence-electron chi connectivity index (χ2n) is 14.9. The minimum Gasteiger partial charge on any atom is -0.510 e. The van der Waals surface area contributed by atoms with Gasteiger partial charge in [0.15, 0.2) is 11.4 Å². The van der Waals surface area contributed by atoms with E-state index in [1.165, 1.54) is 19.0 Å². The Balaban J connectivity index is 1.36. The molecule has 54 heavy (non-hydrogen) atoms. The van der Waals surface area contributed by atoms with Gasteiger partial charge in [0, 0.05) is 29.7 Å². The van der Waals surface area contributed by atoms with Gasteiger partial charge in [0.1, 0.15) is 46.9 Å². The number of ketones is 2. The maximum atomic E-state index is 15.8. The van der Waals surface area contributed by atoms with Gasteiger partial charge < -0.3 is 46.3 Å². The molecule has 8 N–H and O–H groups in total. The molecular weight excluding hydrogens is 707 g/mol. The van der Waals surface area contributed by atoms with E-state index in [4.69, 9.17) is 15.2 Å². The molecular formula is C38H45FN4O11. The first kappa shape index (κ1) is 39.7. The average Bonchev–Trinajstić information content (AvgIpc) is 3.08. The number of phenolic OH excluding ortho intramolecular Hbond substituents is 1. The maximum Gasteiger partial charge on any atom is 0.408 e. The Labute approximate surface area is 310 Å². The molecule has 15 nitrogen and oxygen atoms in total. The number of likely N-dealkylation sites (N-methyl/N-ethyl adjacent to an activating group) is 1. The number of carbonyl (C=O) groups excluding carboxylic acids is 5. The summed E-state index contributed by atoms with van der Waals surface area (Å²) < 4.78 is 26.5. The summed E-state index contributed by atoms with van der Waals surface area (Å²) in [5, 5.41) is 50.8. The Morgan fingerprint density at radius 2 is 1.78 bits per heavy atom. The summed E-state index contributed by atoms with van der Waals surface area (Å²) in [6, 6.07) is 7.61. The first-order chi connectivity index (χ1) is 25.3. The third-order valence-corrected chi connectivity index (χ3v) is 9.85. The van der Waals surface area contributed by atoms with Crippen molar-refractivity contribution in [2.24, 2.45) is 17.6 Å². The van der Waals surface area contributed by atoms with Crippen LogP contribution in [0.3, 0.4) is 0 Å². The van der Waals surface area contributed by atoms with Crippen molar-refractivity contribution in [3.63, 3.8) is 0 Å². The molecule has 0 aliphatic heterocycles. The Hall–Kier alpha value is -5.48. The van der Waals surface area contributed by atoms with Gasteiger partial charge in [-0.05, 0) is 72.0 Å². The molecule has 16 heteroatoms. The summed E-state index contributed by atoms with van der Waals surface area (Å²) in [4.78, 5) is 66.7. The number of rotatable bonds is 11. The van der Waals surface area contributed by atoms with E-state index in [9.17, 15) is 44.4 Å². The minimum absolute atomic E-state index is 0.0165. The van der Waals surface area contributed by atoms with E-state index in [1.54, 1.807) is 45.0 Å². The standard InChI is InChI=1S/C38H45FN4O11/c1-37(2,3)54-36(51)42-23(35(50)53-17-18-10-7-6-8-11-18)12-9-13-41-24-16-22(39)20-14-19-15-21-28(43(4)5)31(46)27(34(40)49)33(48)38(21,52)32(47)25(19)30(45)26(20)29(24)44/h6-8,10-11,16,19,21,23,28,41,44,46-47,52H,9,12-15,17H2,1-5H3,(H2,40,49)(H,42,51)/t19-,21-,23-,28-,38-/m0/s1. The zero-order valence-corrected chi connectivity index (χ0v) is 30.6. The number of amides is 2. The van der Waals surface area contributed by atoms with E-state index < -0.39 is 104 Å². The molecule has 3 aliphatic carbocycles. The number of ether oxygens (including phenoxy) is 2. The quantitative estimate of drug-likeness (QED) is 0.0757. The summed E-state index contributed by atoms with van der Waals surface area (Å²) in [6.07, 6.45) is -1.03. The van der Waals surface area contributed by atoms with E-state index in [-0.39, 0.29) is 50.1 Å².